The van der Waals surface area contributed by atoms with Crippen molar-refractivity contribution in [2.24, 2.45) is 5.73 Å². The van der Waals surface area contributed by atoms with Crippen molar-refractivity contribution in [3.8, 4) is 0 Å². The lowest BCUT2D eigenvalue weighted by Gasteiger charge is -2.38. The third-order valence-electron chi connectivity index (χ3n) is 3.32. The monoisotopic (exact) mass is 226 g/mol. The minimum atomic E-state index is -0.588. The van der Waals surface area contributed by atoms with Crippen molar-refractivity contribution >= 4 is 0 Å². The molecule has 0 bridgehead atoms. The van der Waals surface area contributed by atoms with Gasteiger partial charge >= 0.3 is 0 Å². The first-order chi connectivity index (χ1) is 7.49. The second-order valence-electron chi connectivity index (χ2n) is 4.62. The van der Waals surface area contributed by atoms with E-state index in [1.807, 2.05) is 7.05 Å². The summed E-state index contributed by atoms with van der Waals surface area (Å²) in [5, 5.41) is 0. The summed E-state index contributed by atoms with van der Waals surface area (Å²) < 4.78 is 26.2. The average Bonchev–Trinajstić information content (AvgIpc) is 2.21. The van der Waals surface area contributed by atoms with Crippen LogP contribution in [0.1, 0.15) is 18.4 Å². The minimum absolute atomic E-state index is 0.557. The minimum Gasteiger partial charge on any atom is -0.321 e. The molecule has 0 aromatic heterocycles. The number of piperidine rings is 1. The Hall–Kier alpha value is -1.00. The van der Waals surface area contributed by atoms with Gasteiger partial charge in [0.25, 0.3) is 0 Å². The number of halogens is 2. The van der Waals surface area contributed by atoms with Crippen LogP contribution < -0.4 is 5.73 Å². The molecule has 0 unspecified atom stereocenters. The van der Waals surface area contributed by atoms with Crippen molar-refractivity contribution in [3.63, 3.8) is 0 Å². The maximum absolute atomic E-state index is 13.1. The van der Waals surface area contributed by atoms with Crippen LogP contribution in [0.4, 0.5) is 8.78 Å². The molecule has 0 saturated carbocycles. The highest BCUT2D eigenvalue weighted by atomic mass is 19.1. The lowest BCUT2D eigenvalue weighted by Crippen LogP contribution is -2.47. The number of rotatable bonds is 1. The number of hydrogen-bond acceptors (Lipinski definition) is 2. The molecule has 1 aliphatic rings. The SMILES string of the molecule is CN1CCC(N)(c2cc(F)cc(F)c2)CC1. The summed E-state index contributed by atoms with van der Waals surface area (Å²) in [6, 6.07) is 3.56. The van der Waals surface area contributed by atoms with Crippen LogP contribution in [-0.4, -0.2) is 25.0 Å². The first kappa shape index (κ1) is 11.5. The molecule has 88 valence electrons. The zero-order chi connectivity index (χ0) is 11.8. The zero-order valence-electron chi connectivity index (χ0n) is 9.34. The lowest BCUT2D eigenvalue weighted by atomic mass is 9.82. The Balaban J connectivity index is 2.28. The molecule has 1 aliphatic heterocycles. The predicted octanol–water partition coefficient (Wildman–Crippen LogP) is 1.84. The fraction of sp³-hybridized carbons (Fsp3) is 0.500. The Morgan fingerprint density at radius 1 is 1.12 bits per heavy atom. The molecule has 0 amide bonds. The maximum atomic E-state index is 13.1. The summed E-state index contributed by atoms with van der Waals surface area (Å²) in [5.74, 6) is -1.11. The van der Waals surface area contributed by atoms with Crippen LogP contribution in [0, 0.1) is 11.6 Å². The molecule has 2 N–H and O–H groups in total. The maximum Gasteiger partial charge on any atom is 0.126 e. The summed E-state index contributed by atoms with van der Waals surface area (Å²) in [6.07, 6.45) is 1.46. The van der Waals surface area contributed by atoms with E-state index in [9.17, 15) is 8.78 Å². The molecule has 2 nitrogen and oxygen atoms in total. The molecule has 0 aliphatic carbocycles. The van der Waals surface area contributed by atoms with Crippen molar-refractivity contribution in [3.05, 3.63) is 35.4 Å². The van der Waals surface area contributed by atoms with E-state index in [2.05, 4.69) is 4.90 Å². The van der Waals surface area contributed by atoms with Crippen LogP contribution in [0.5, 0.6) is 0 Å². The summed E-state index contributed by atoms with van der Waals surface area (Å²) >= 11 is 0. The van der Waals surface area contributed by atoms with Crippen molar-refractivity contribution in [2.45, 2.75) is 18.4 Å². The number of nitrogens with two attached hydrogens (primary N) is 1. The van der Waals surface area contributed by atoms with E-state index in [1.54, 1.807) is 0 Å². The highest BCUT2D eigenvalue weighted by Gasteiger charge is 2.31. The van der Waals surface area contributed by atoms with E-state index < -0.39 is 17.2 Å². The second-order valence-corrected chi connectivity index (χ2v) is 4.62. The van der Waals surface area contributed by atoms with Crippen molar-refractivity contribution in [1.82, 2.24) is 4.90 Å². The largest absolute Gasteiger partial charge is 0.321 e. The van der Waals surface area contributed by atoms with Gasteiger partial charge in [-0.25, -0.2) is 8.78 Å². The number of hydrogen-bond donors (Lipinski definition) is 1. The third kappa shape index (κ3) is 2.23. The van der Waals surface area contributed by atoms with Crippen LogP contribution in [-0.2, 0) is 5.54 Å². The smallest absolute Gasteiger partial charge is 0.126 e. The molecule has 1 aromatic rings. The summed E-state index contributed by atoms with van der Waals surface area (Å²) in [5.41, 5.74) is 6.20. The van der Waals surface area contributed by atoms with E-state index in [0.29, 0.717) is 5.56 Å². The molecule has 1 fully saturated rings. The summed E-state index contributed by atoms with van der Waals surface area (Å²) in [7, 11) is 2.02. The fourth-order valence-electron chi connectivity index (χ4n) is 2.15. The predicted molar refractivity (Wildman–Crippen MR) is 59.0 cm³/mol. The van der Waals surface area contributed by atoms with E-state index in [1.165, 1.54) is 12.1 Å². The average molecular weight is 226 g/mol. The molecule has 1 aromatic carbocycles. The van der Waals surface area contributed by atoms with Gasteiger partial charge in [0.15, 0.2) is 0 Å². The Morgan fingerprint density at radius 3 is 2.12 bits per heavy atom. The number of benzene rings is 1. The van der Waals surface area contributed by atoms with Gasteiger partial charge in [-0.05, 0) is 50.7 Å². The van der Waals surface area contributed by atoms with E-state index in [0.717, 1.165) is 32.0 Å². The topological polar surface area (TPSA) is 29.3 Å². The summed E-state index contributed by atoms with van der Waals surface area (Å²) in [4.78, 5) is 2.17. The van der Waals surface area contributed by atoms with Crippen LogP contribution in [0.15, 0.2) is 18.2 Å². The standard InChI is InChI=1S/C12H16F2N2/c1-16-4-2-12(15,3-5-16)9-6-10(13)8-11(14)7-9/h6-8H,2-5,15H2,1H3. The molecular formula is C12H16F2N2. The Kier molecular flexibility index (Phi) is 2.95. The van der Waals surface area contributed by atoms with Gasteiger partial charge in [-0.1, -0.05) is 0 Å². The van der Waals surface area contributed by atoms with Crippen LogP contribution in [0.25, 0.3) is 0 Å². The van der Waals surface area contributed by atoms with E-state index in [-0.39, 0.29) is 0 Å². The van der Waals surface area contributed by atoms with E-state index in [4.69, 9.17) is 5.73 Å². The first-order valence-electron chi connectivity index (χ1n) is 5.44. The molecule has 0 radical (unpaired) electrons. The van der Waals surface area contributed by atoms with Crippen molar-refractivity contribution < 1.29 is 8.78 Å². The second kappa shape index (κ2) is 4.11. The van der Waals surface area contributed by atoms with Crippen LogP contribution in [0.2, 0.25) is 0 Å². The summed E-state index contributed by atoms with van der Waals surface area (Å²) in [6.45, 7) is 1.71. The Labute approximate surface area is 94.0 Å². The Bertz CT molecular complexity index is 364. The van der Waals surface area contributed by atoms with Crippen molar-refractivity contribution in [2.75, 3.05) is 20.1 Å². The third-order valence-corrected chi connectivity index (χ3v) is 3.32. The molecule has 0 spiro atoms. The highest BCUT2D eigenvalue weighted by Crippen LogP contribution is 2.30. The van der Waals surface area contributed by atoms with E-state index >= 15 is 0 Å². The molecule has 0 atom stereocenters. The quantitative estimate of drug-likeness (QED) is 0.791. The van der Waals surface area contributed by atoms with Gasteiger partial charge in [0.1, 0.15) is 11.6 Å². The molecule has 1 heterocycles. The van der Waals surface area contributed by atoms with Gasteiger partial charge in [0.05, 0.1) is 0 Å². The van der Waals surface area contributed by atoms with Gasteiger partial charge in [-0.2, -0.15) is 0 Å². The van der Waals surface area contributed by atoms with Crippen molar-refractivity contribution in [1.29, 1.82) is 0 Å². The fourth-order valence-corrected chi connectivity index (χ4v) is 2.15. The molecule has 2 rings (SSSR count). The van der Waals surface area contributed by atoms with Gasteiger partial charge in [0.2, 0.25) is 0 Å². The van der Waals surface area contributed by atoms with Gasteiger partial charge in [-0.15, -0.1) is 0 Å². The zero-order valence-corrected chi connectivity index (χ0v) is 9.34. The highest BCUT2D eigenvalue weighted by molar-refractivity contribution is 5.26. The molecular weight excluding hydrogens is 210 g/mol. The van der Waals surface area contributed by atoms with Crippen LogP contribution in [0.3, 0.4) is 0 Å². The normalized spacial score (nSPS) is 21.0. The Morgan fingerprint density at radius 2 is 1.62 bits per heavy atom. The lowest BCUT2D eigenvalue weighted by molar-refractivity contribution is 0.190. The molecule has 4 heteroatoms. The van der Waals surface area contributed by atoms with Gasteiger partial charge in [-0.3, -0.25) is 0 Å². The van der Waals surface area contributed by atoms with Gasteiger partial charge in [0, 0.05) is 11.6 Å². The molecule has 16 heavy (non-hydrogen) atoms. The first-order valence-corrected chi connectivity index (χ1v) is 5.44. The van der Waals surface area contributed by atoms with Gasteiger partial charge < -0.3 is 10.6 Å². The number of nitrogens with zero attached hydrogens (tertiary/aromatic N) is 1. The van der Waals surface area contributed by atoms with Crippen LogP contribution >= 0.6 is 0 Å². The number of likely N-dealkylation sites (tertiary alicyclic amines) is 1. The molecule has 1 saturated heterocycles.